The fraction of sp³-hybridized carbons (Fsp3) is 0.0435. The van der Waals surface area contributed by atoms with Crippen molar-refractivity contribution in [2.75, 3.05) is 5.32 Å². The van der Waals surface area contributed by atoms with Gasteiger partial charge in [-0.3, -0.25) is 10.1 Å². The number of imidazole rings is 1. The molecule has 3 heterocycles. The Kier molecular flexibility index (Phi) is 5.30. The molecule has 0 radical (unpaired) electrons. The number of para-hydroxylation sites is 1. The number of hydrogen-bond acceptors (Lipinski definition) is 5. The zero-order valence-electron chi connectivity index (χ0n) is 16.9. The van der Waals surface area contributed by atoms with Crippen molar-refractivity contribution in [1.29, 1.82) is 0 Å². The predicted molar refractivity (Wildman–Crippen MR) is 126 cm³/mol. The zero-order chi connectivity index (χ0) is 22.1. The molecule has 0 atom stereocenters. The summed E-state index contributed by atoms with van der Waals surface area (Å²) in [7, 11) is 1.93. The van der Waals surface area contributed by atoms with Crippen LogP contribution < -0.4 is 5.32 Å². The summed E-state index contributed by atoms with van der Waals surface area (Å²) in [6, 6.07) is 17.2. The molecule has 32 heavy (non-hydrogen) atoms. The molecule has 0 bridgehead atoms. The van der Waals surface area contributed by atoms with Gasteiger partial charge in [0.2, 0.25) is 0 Å². The van der Waals surface area contributed by atoms with E-state index in [0.717, 1.165) is 22.0 Å². The minimum atomic E-state index is -0.303. The van der Waals surface area contributed by atoms with Gasteiger partial charge in [0.25, 0.3) is 5.91 Å². The third kappa shape index (κ3) is 3.81. The van der Waals surface area contributed by atoms with Gasteiger partial charge in [-0.15, -0.1) is 0 Å². The summed E-state index contributed by atoms with van der Waals surface area (Å²) in [4.78, 5) is 23.0. The van der Waals surface area contributed by atoms with Crippen LogP contribution in [-0.2, 0) is 7.05 Å². The molecule has 1 amide bonds. The summed E-state index contributed by atoms with van der Waals surface area (Å²) in [5, 5.41) is 8.20. The second-order valence-electron chi connectivity index (χ2n) is 7.00. The van der Waals surface area contributed by atoms with E-state index in [1.165, 1.54) is 17.5 Å². The van der Waals surface area contributed by atoms with Crippen molar-refractivity contribution in [3.05, 3.63) is 90.0 Å². The van der Waals surface area contributed by atoms with E-state index < -0.39 is 0 Å². The molecule has 0 aliphatic rings. The molecule has 0 unspecified atom stereocenters. The van der Waals surface area contributed by atoms with Gasteiger partial charge in [0.1, 0.15) is 0 Å². The highest BCUT2D eigenvalue weighted by molar-refractivity contribution is 7.19. The van der Waals surface area contributed by atoms with Crippen molar-refractivity contribution < 1.29 is 4.79 Å². The summed E-state index contributed by atoms with van der Waals surface area (Å²) in [6.45, 7) is 0. The van der Waals surface area contributed by atoms with Gasteiger partial charge >= 0.3 is 0 Å². The molecular formula is C23H17ClN6OS. The van der Waals surface area contributed by atoms with Crippen molar-refractivity contribution in [3.63, 3.8) is 0 Å². The lowest BCUT2D eigenvalue weighted by molar-refractivity contribution is 0.102. The van der Waals surface area contributed by atoms with Crippen LogP contribution in [0.2, 0.25) is 5.02 Å². The maximum Gasteiger partial charge on any atom is 0.260 e. The maximum atomic E-state index is 12.9. The summed E-state index contributed by atoms with van der Waals surface area (Å²) < 4.78 is 3.51. The lowest BCUT2D eigenvalue weighted by Gasteiger charge is -2.02. The van der Waals surface area contributed by atoms with Crippen LogP contribution in [0.4, 0.5) is 5.13 Å². The molecule has 2 aromatic carbocycles. The van der Waals surface area contributed by atoms with E-state index in [1.54, 1.807) is 23.1 Å². The summed E-state index contributed by atoms with van der Waals surface area (Å²) >= 11 is 7.62. The number of carbonyl (C=O) groups excluding carboxylic acids is 1. The van der Waals surface area contributed by atoms with Crippen LogP contribution >= 0.6 is 22.9 Å². The Morgan fingerprint density at radius 1 is 1.09 bits per heavy atom. The van der Waals surface area contributed by atoms with E-state index in [-0.39, 0.29) is 5.91 Å². The molecule has 5 aromatic rings. The first-order chi connectivity index (χ1) is 15.6. The number of aromatic nitrogens is 5. The van der Waals surface area contributed by atoms with Crippen molar-refractivity contribution >= 4 is 34.0 Å². The number of carbonyl (C=O) groups is 1. The average molecular weight is 461 g/mol. The Balaban J connectivity index is 1.46. The molecule has 5 rings (SSSR count). The number of anilines is 1. The average Bonchev–Trinajstić information content (AvgIpc) is 3.54. The van der Waals surface area contributed by atoms with Crippen molar-refractivity contribution in [2.24, 2.45) is 7.05 Å². The molecule has 9 heteroatoms. The molecule has 0 saturated heterocycles. The Bertz CT molecular complexity index is 1400. The van der Waals surface area contributed by atoms with Gasteiger partial charge in [-0.05, 0) is 12.1 Å². The number of nitrogens with one attached hydrogen (secondary N) is 1. The normalized spacial score (nSPS) is 10.9. The van der Waals surface area contributed by atoms with E-state index in [1.807, 2.05) is 66.3 Å². The van der Waals surface area contributed by atoms with E-state index in [4.69, 9.17) is 16.6 Å². The van der Waals surface area contributed by atoms with E-state index in [9.17, 15) is 4.79 Å². The molecule has 0 fully saturated rings. The quantitative estimate of drug-likeness (QED) is 0.386. The first-order valence-corrected chi connectivity index (χ1v) is 10.9. The number of nitrogens with zero attached hydrogens (tertiary/aromatic N) is 5. The predicted octanol–water partition coefficient (Wildman–Crippen LogP) is 5.30. The van der Waals surface area contributed by atoms with E-state index in [2.05, 4.69) is 15.4 Å². The summed E-state index contributed by atoms with van der Waals surface area (Å²) in [6.07, 6.45) is 6.77. The maximum absolute atomic E-state index is 12.9. The van der Waals surface area contributed by atoms with Crippen molar-refractivity contribution in [1.82, 2.24) is 24.3 Å². The van der Waals surface area contributed by atoms with Crippen LogP contribution in [0.25, 0.3) is 27.6 Å². The molecular weight excluding hydrogens is 444 g/mol. The lowest BCUT2D eigenvalue weighted by Crippen LogP contribution is -2.10. The largest absolute Gasteiger partial charge is 0.333 e. The van der Waals surface area contributed by atoms with Gasteiger partial charge < -0.3 is 4.57 Å². The van der Waals surface area contributed by atoms with E-state index in [0.29, 0.717) is 21.4 Å². The van der Waals surface area contributed by atoms with Crippen LogP contribution in [0.15, 0.2) is 79.4 Å². The number of aryl methyl sites for hydroxylation is 1. The molecule has 1 N–H and O–H groups in total. The Morgan fingerprint density at radius 2 is 1.88 bits per heavy atom. The van der Waals surface area contributed by atoms with Gasteiger partial charge in [0.05, 0.1) is 33.0 Å². The molecule has 7 nitrogen and oxygen atoms in total. The minimum Gasteiger partial charge on any atom is -0.333 e. The third-order valence-electron chi connectivity index (χ3n) is 4.86. The lowest BCUT2D eigenvalue weighted by atomic mass is 10.1. The Hall–Kier alpha value is -3.75. The minimum absolute atomic E-state index is 0.303. The van der Waals surface area contributed by atoms with Crippen LogP contribution in [-0.4, -0.2) is 30.2 Å². The number of halogens is 1. The highest BCUT2D eigenvalue weighted by Crippen LogP contribution is 2.38. The van der Waals surface area contributed by atoms with Crippen LogP contribution in [0.3, 0.4) is 0 Å². The Labute approximate surface area is 193 Å². The molecule has 0 aliphatic heterocycles. The van der Waals surface area contributed by atoms with Crippen molar-refractivity contribution in [2.45, 2.75) is 0 Å². The highest BCUT2D eigenvalue weighted by Gasteiger charge is 2.20. The fourth-order valence-electron chi connectivity index (χ4n) is 3.28. The number of benzene rings is 2. The van der Waals surface area contributed by atoms with E-state index >= 15 is 0 Å². The Morgan fingerprint density at radius 3 is 2.62 bits per heavy atom. The second-order valence-corrected chi connectivity index (χ2v) is 8.41. The number of rotatable bonds is 5. The monoisotopic (exact) mass is 460 g/mol. The molecule has 0 aliphatic carbocycles. The highest BCUT2D eigenvalue weighted by atomic mass is 35.5. The SMILES string of the molecule is Cn1ccnc1-c1sc(NC(=O)c2cnn(-c3ccccc3Cl)c2)nc1-c1ccccc1. The topological polar surface area (TPSA) is 77.6 Å². The third-order valence-corrected chi connectivity index (χ3v) is 6.15. The second kappa shape index (κ2) is 8.41. The smallest absolute Gasteiger partial charge is 0.260 e. The van der Waals surface area contributed by atoms with Gasteiger partial charge in [-0.25, -0.2) is 14.6 Å². The molecule has 158 valence electrons. The van der Waals surface area contributed by atoms with Gasteiger partial charge in [-0.2, -0.15) is 5.10 Å². The van der Waals surface area contributed by atoms with Gasteiger partial charge in [0.15, 0.2) is 11.0 Å². The number of hydrogen-bond donors (Lipinski definition) is 1. The fourth-order valence-corrected chi connectivity index (χ4v) is 4.52. The number of thiazole rings is 1. The van der Waals surface area contributed by atoms with Crippen LogP contribution in [0.1, 0.15) is 10.4 Å². The molecule has 3 aromatic heterocycles. The molecule has 0 saturated carbocycles. The van der Waals surface area contributed by atoms with Gasteiger partial charge in [0, 0.05) is 31.2 Å². The summed E-state index contributed by atoms with van der Waals surface area (Å²) in [5.74, 6) is 0.483. The molecule has 0 spiro atoms. The zero-order valence-corrected chi connectivity index (χ0v) is 18.5. The standard InChI is InChI=1S/C23H17ClN6OS/c1-29-12-11-25-21(29)20-19(15-7-3-2-4-8-15)27-23(32-20)28-22(31)16-13-26-30(14-16)18-10-6-5-9-17(18)24/h2-14H,1H3,(H,27,28,31). The first kappa shape index (κ1) is 20.2. The van der Waals surface area contributed by atoms with Gasteiger partial charge in [-0.1, -0.05) is 65.4 Å². The van der Waals surface area contributed by atoms with Crippen molar-refractivity contribution in [3.8, 4) is 27.6 Å². The summed E-state index contributed by atoms with van der Waals surface area (Å²) in [5.41, 5.74) is 2.83. The van der Waals surface area contributed by atoms with Crippen LogP contribution in [0.5, 0.6) is 0 Å². The number of amides is 1. The first-order valence-electron chi connectivity index (χ1n) is 9.75. The van der Waals surface area contributed by atoms with Crippen LogP contribution in [0, 0.1) is 0 Å².